The highest BCUT2D eigenvalue weighted by atomic mass is 31.2. The van der Waals surface area contributed by atoms with Gasteiger partial charge in [0.2, 0.25) is 0 Å². The molecule has 0 radical (unpaired) electrons. The maximum atomic E-state index is 12.9. The minimum Gasteiger partial charge on any atom is -0.756 e. The van der Waals surface area contributed by atoms with Crippen LogP contribution in [-0.2, 0) is 32.7 Å². The Bertz CT molecular complexity index is 2040. The van der Waals surface area contributed by atoms with E-state index in [1.54, 1.807) is 0 Å². The fourth-order valence-corrected chi connectivity index (χ4v) is 12.9. The van der Waals surface area contributed by atoms with Crippen molar-refractivity contribution in [1.29, 1.82) is 0 Å². The molecule has 9 nitrogen and oxygen atoms in total. The molecule has 0 saturated heterocycles. The lowest BCUT2D eigenvalue weighted by molar-refractivity contribution is -0.870. The number of phosphoric acid groups is 1. The SMILES string of the molecule is CC/C=C\C/C=C\C/C=C\C/C=C\C/C=C\C/C=C\C/C=C\C/C=C\C/C=C\CCCCCCCCCCCCCC(=O)OC(COC(=O)CCCCCCCCCCCCCCCCCCCCCCCCCCCCCCCCCCCCCC)COP(=O)([O-])OCC[N+](C)(C)C. The first kappa shape index (κ1) is 95.7. The number of hydrogen-bond donors (Lipinski definition) is 0. The van der Waals surface area contributed by atoms with Crippen LogP contribution in [0.1, 0.15) is 393 Å². The second-order valence-electron chi connectivity index (χ2n) is 29.5. The van der Waals surface area contributed by atoms with Gasteiger partial charge in [-0.25, -0.2) is 0 Å². The maximum Gasteiger partial charge on any atom is 0.306 e. The molecule has 0 aliphatic carbocycles. The number of unbranched alkanes of at least 4 members (excludes halogenated alkanes) is 46. The van der Waals surface area contributed by atoms with Crippen molar-refractivity contribution in [2.75, 3.05) is 47.5 Å². The number of nitrogens with zero attached hydrogens (tertiary/aromatic N) is 1. The van der Waals surface area contributed by atoms with Crippen molar-refractivity contribution < 1.29 is 42.1 Å². The van der Waals surface area contributed by atoms with Crippen molar-refractivity contribution in [1.82, 2.24) is 0 Å². The van der Waals surface area contributed by atoms with Gasteiger partial charge in [-0.1, -0.05) is 406 Å². The highest BCUT2D eigenvalue weighted by Crippen LogP contribution is 2.38. The summed E-state index contributed by atoms with van der Waals surface area (Å²) in [5, 5.41) is 0. The summed E-state index contributed by atoms with van der Waals surface area (Å²) >= 11 is 0. The van der Waals surface area contributed by atoms with Crippen LogP contribution in [0.15, 0.2) is 109 Å². The van der Waals surface area contributed by atoms with E-state index in [2.05, 4.69) is 123 Å². The van der Waals surface area contributed by atoms with Gasteiger partial charge in [-0.15, -0.1) is 0 Å². The van der Waals surface area contributed by atoms with Gasteiger partial charge in [0.25, 0.3) is 7.82 Å². The molecule has 99 heavy (non-hydrogen) atoms. The molecule has 0 rings (SSSR count). The topological polar surface area (TPSA) is 111 Å². The Labute approximate surface area is 614 Å². The van der Waals surface area contributed by atoms with E-state index in [9.17, 15) is 19.0 Å². The molecule has 0 aromatic rings. The molecule has 0 N–H and O–H groups in total. The lowest BCUT2D eigenvalue weighted by Crippen LogP contribution is -2.37. The van der Waals surface area contributed by atoms with Gasteiger partial charge in [0.15, 0.2) is 6.10 Å². The fraction of sp³-hybridized carbons (Fsp3) is 0.775. The highest BCUT2D eigenvalue weighted by molar-refractivity contribution is 7.45. The van der Waals surface area contributed by atoms with Gasteiger partial charge in [-0.05, 0) is 83.5 Å². The number of ether oxygens (including phenoxy) is 2. The lowest BCUT2D eigenvalue weighted by Gasteiger charge is -2.28. The zero-order valence-electron chi connectivity index (χ0n) is 65.7. The normalized spacial score (nSPS) is 13.6. The molecule has 10 heteroatoms. The average molecular weight is 1400 g/mol. The first-order valence-corrected chi connectivity index (χ1v) is 43.6. The van der Waals surface area contributed by atoms with Crippen LogP contribution >= 0.6 is 7.82 Å². The van der Waals surface area contributed by atoms with E-state index >= 15 is 0 Å². The summed E-state index contributed by atoms with van der Waals surface area (Å²) in [5.74, 6) is -0.824. The summed E-state index contributed by atoms with van der Waals surface area (Å²) in [4.78, 5) is 38.2. The summed E-state index contributed by atoms with van der Waals surface area (Å²) in [6.07, 6.45) is 112. The Morgan fingerprint density at radius 1 is 0.323 bits per heavy atom. The molecular formula is C89H160NO8P. The zero-order chi connectivity index (χ0) is 71.8. The first-order chi connectivity index (χ1) is 48.5. The number of carbonyl (C=O) groups is 2. The third-order valence-electron chi connectivity index (χ3n) is 18.6. The molecule has 2 unspecified atom stereocenters. The number of allylic oxidation sites excluding steroid dienone is 18. The van der Waals surface area contributed by atoms with Crippen molar-refractivity contribution >= 4 is 19.8 Å². The number of carbonyl (C=O) groups excluding carboxylic acids is 2. The largest absolute Gasteiger partial charge is 0.756 e. The summed E-state index contributed by atoms with van der Waals surface area (Å²) in [6.45, 7) is 4.18. The number of hydrogen-bond acceptors (Lipinski definition) is 8. The Morgan fingerprint density at radius 3 is 0.859 bits per heavy atom. The van der Waals surface area contributed by atoms with Crippen molar-refractivity contribution in [2.45, 2.75) is 399 Å². The molecule has 0 heterocycles. The molecule has 2 atom stereocenters. The van der Waals surface area contributed by atoms with Crippen LogP contribution in [-0.4, -0.2) is 70.0 Å². The Balaban J connectivity index is 3.96. The number of phosphoric ester groups is 1. The standard InChI is InChI=1S/C89H160NO8P/c1-6-8-10-12-14-16-18-20-22-24-26-28-30-32-34-36-38-40-42-44-45-46-48-50-52-54-56-58-60-62-64-66-68-70-72-74-76-78-80-82-89(92)98-87(86-97-99(93,94)96-84-83-90(3,4)5)85-95-88(91)81-79-77-75-73-71-69-67-65-63-61-59-57-55-53-51-49-47-43-41-39-37-35-33-31-29-27-25-23-21-19-17-15-13-11-9-7-2/h8,10,14,16,20,22,26,28,32,34,38,40,44-45,48,50,54,56,87H,6-7,9,11-13,15,17-19,21,23-25,27,29-31,33,35-37,39,41-43,46-47,49,51-53,55,57-86H2,1-5H3/b10-8-,16-14-,22-20-,28-26-,34-32-,40-38-,45-44-,50-48-,56-54-. The molecule has 0 aromatic carbocycles. The van der Waals surface area contributed by atoms with Crippen LogP contribution in [0.4, 0.5) is 0 Å². The van der Waals surface area contributed by atoms with Crippen molar-refractivity contribution in [3.8, 4) is 0 Å². The quantitative estimate of drug-likeness (QED) is 0.0195. The molecule has 574 valence electrons. The van der Waals surface area contributed by atoms with Crippen LogP contribution in [0.5, 0.6) is 0 Å². The van der Waals surface area contributed by atoms with E-state index < -0.39 is 26.5 Å². The van der Waals surface area contributed by atoms with Crippen molar-refractivity contribution in [2.24, 2.45) is 0 Å². The Kier molecular flexibility index (Phi) is 76.1. The van der Waals surface area contributed by atoms with Gasteiger partial charge in [0.1, 0.15) is 19.8 Å². The van der Waals surface area contributed by atoms with E-state index in [4.69, 9.17) is 18.5 Å². The second kappa shape index (κ2) is 78.8. The van der Waals surface area contributed by atoms with Gasteiger partial charge in [-0.3, -0.25) is 14.2 Å². The van der Waals surface area contributed by atoms with E-state index in [1.165, 1.54) is 257 Å². The smallest absolute Gasteiger partial charge is 0.306 e. The highest BCUT2D eigenvalue weighted by Gasteiger charge is 2.22. The van der Waals surface area contributed by atoms with E-state index in [1.807, 2.05) is 21.1 Å². The predicted octanol–water partition coefficient (Wildman–Crippen LogP) is 27.7. The lowest BCUT2D eigenvalue weighted by atomic mass is 10.0. The van der Waals surface area contributed by atoms with E-state index in [0.717, 1.165) is 103 Å². The average Bonchev–Trinajstić information content (AvgIpc) is 0.989. The van der Waals surface area contributed by atoms with Gasteiger partial charge in [-0.2, -0.15) is 0 Å². The molecule has 0 amide bonds. The summed E-state index contributed by atoms with van der Waals surface area (Å²) in [6, 6.07) is 0. The molecule has 0 aliphatic rings. The summed E-state index contributed by atoms with van der Waals surface area (Å²) in [7, 11) is 1.17. The van der Waals surface area contributed by atoms with E-state index in [-0.39, 0.29) is 32.0 Å². The molecule has 0 spiro atoms. The maximum absolute atomic E-state index is 12.9. The molecular weight excluding hydrogens is 1240 g/mol. The van der Waals surface area contributed by atoms with Crippen molar-refractivity contribution in [3.05, 3.63) is 109 Å². The Hall–Kier alpha value is -3.33. The van der Waals surface area contributed by atoms with Gasteiger partial charge in [0, 0.05) is 12.8 Å². The molecule has 0 aromatic heterocycles. The fourth-order valence-electron chi connectivity index (χ4n) is 12.2. The molecule has 0 aliphatic heterocycles. The minimum absolute atomic E-state index is 0.0334. The van der Waals surface area contributed by atoms with Crippen LogP contribution in [0.2, 0.25) is 0 Å². The third kappa shape index (κ3) is 83.5. The number of rotatable bonds is 78. The van der Waals surface area contributed by atoms with Crippen LogP contribution < -0.4 is 4.89 Å². The number of quaternary nitrogens is 1. The predicted molar refractivity (Wildman–Crippen MR) is 429 cm³/mol. The zero-order valence-corrected chi connectivity index (χ0v) is 66.6. The molecule has 0 bridgehead atoms. The van der Waals surface area contributed by atoms with Crippen molar-refractivity contribution in [3.63, 3.8) is 0 Å². The minimum atomic E-state index is -4.65. The molecule has 0 fully saturated rings. The molecule has 0 saturated carbocycles. The van der Waals surface area contributed by atoms with Gasteiger partial charge < -0.3 is 27.9 Å². The third-order valence-corrected chi connectivity index (χ3v) is 19.5. The van der Waals surface area contributed by atoms with Crippen LogP contribution in [0, 0.1) is 0 Å². The Morgan fingerprint density at radius 2 is 0.576 bits per heavy atom. The summed E-state index contributed by atoms with van der Waals surface area (Å²) < 4.78 is 34.4. The van der Waals surface area contributed by atoms with Crippen LogP contribution in [0.25, 0.3) is 0 Å². The van der Waals surface area contributed by atoms with Crippen LogP contribution in [0.3, 0.4) is 0 Å². The van der Waals surface area contributed by atoms with Gasteiger partial charge in [0.05, 0.1) is 27.7 Å². The monoisotopic (exact) mass is 1400 g/mol. The van der Waals surface area contributed by atoms with Gasteiger partial charge >= 0.3 is 11.9 Å². The number of esters is 2. The second-order valence-corrected chi connectivity index (χ2v) is 30.9. The summed E-state index contributed by atoms with van der Waals surface area (Å²) in [5.41, 5.74) is 0. The number of likely N-dealkylation sites (N-methyl/N-ethyl adjacent to an activating group) is 1. The first-order valence-electron chi connectivity index (χ1n) is 42.1. The van der Waals surface area contributed by atoms with E-state index in [0.29, 0.717) is 17.4 Å².